The average Bonchev–Trinajstić information content (AvgIpc) is 2.67. The van der Waals surface area contributed by atoms with Crippen LogP contribution in [0, 0.1) is 18.3 Å². The molecule has 0 heterocycles. The van der Waals surface area contributed by atoms with Crippen molar-refractivity contribution in [2.45, 2.75) is 18.7 Å². The van der Waals surface area contributed by atoms with Crippen LogP contribution in [0.4, 0.5) is 0 Å². The summed E-state index contributed by atoms with van der Waals surface area (Å²) in [6.07, 6.45) is 0. The van der Waals surface area contributed by atoms with E-state index >= 15 is 0 Å². The van der Waals surface area contributed by atoms with Crippen LogP contribution in [0.3, 0.4) is 0 Å². The summed E-state index contributed by atoms with van der Waals surface area (Å²) in [5.74, 6) is 0.507. The Morgan fingerprint density at radius 1 is 1.12 bits per heavy atom. The van der Waals surface area contributed by atoms with E-state index in [0.717, 1.165) is 5.75 Å². The van der Waals surface area contributed by atoms with Crippen LogP contribution in [0.15, 0.2) is 54.6 Å². The van der Waals surface area contributed by atoms with Crippen LogP contribution >= 0.6 is 11.8 Å². The van der Waals surface area contributed by atoms with Crippen LogP contribution in [0.2, 0.25) is 0 Å². The molecule has 0 saturated carbocycles. The smallest absolute Gasteiger partial charge is 0.251 e. The second kappa shape index (κ2) is 10.3. The predicted molar refractivity (Wildman–Crippen MR) is 104 cm³/mol. The Kier molecular flexibility index (Phi) is 7.72. The van der Waals surface area contributed by atoms with Crippen molar-refractivity contribution in [2.75, 3.05) is 12.3 Å². The highest BCUT2D eigenvalue weighted by Gasteiger charge is 2.21. The lowest BCUT2D eigenvalue weighted by molar-refractivity contribution is -0.122. The minimum atomic E-state index is -0.704. The van der Waals surface area contributed by atoms with Gasteiger partial charge in [0.25, 0.3) is 5.91 Å². The number of nitriles is 1. The Labute approximate surface area is 157 Å². The van der Waals surface area contributed by atoms with Crippen LogP contribution in [-0.2, 0) is 10.5 Å². The molecule has 0 unspecified atom stereocenters. The van der Waals surface area contributed by atoms with Gasteiger partial charge < -0.3 is 10.6 Å². The number of aryl methyl sites for hydroxylation is 1. The molecule has 0 aliphatic carbocycles. The van der Waals surface area contributed by atoms with Crippen molar-refractivity contribution in [3.8, 4) is 6.07 Å². The first-order valence-corrected chi connectivity index (χ1v) is 9.40. The summed E-state index contributed by atoms with van der Waals surface area (Å²) in [7, 11) is 0. The Morgan fingerprint density at radius 3 is 2.50 bits per heavy atom. The second-order valence-corrected chi connectivity index (χ2v) is 6.74. The maximum atomic E-state index is 12.4. The molecule has 1 atom stereocenters. The molecule has 0 aromatic heterocycles. The molecule has 0 spiro atoms. The van der Waals surface area contributed by atoms with Gasteiger partial charge in [0, 0.05) is 17.1 Å². The first-order chi connectivity index (χ1) is 12.6. The number of amides is 2. The minimum Gasteiger partial charge on any atom is -0.341 e. The van der Waals surface area contributed by atoms with Crippen molar-refractivity contribution < 1.29 is 9.59 Å². The monoisotopic (exact) mass is 367 g/mol. The fourth-order valence-electron chi connectivity index (χ4n) is 2.32. The van der Waals surface area contributed by atoms with Crippen molar-refractivity contribution in [1.82, 2.24) is 10.6 Å². The van der Waals surface area contributed by atoms with Gasteiger partial charge in [-0.05, 0) is 30.2 Å². The number of nitrogens with zero attached hydrogens (tertiary/aromatic N) is 1. The zero-order chi connectivity index (χ0) is 18.8. The van der Waals surface area contributed by atoms with Crippen LogP contribution < -0.4 is 10.6 Å². The molecule has 0 saturated heterocycles. The Bertz CT molecular complexity index is 787. The predicted octanol–water partition coefficient (Wildman–Crippen LogP) is 2.67. The van der Waals surface area contributed by atoms with Gasteiger partial charge in [0.05, 0.1) is 6.07 Å². The van der Waals surface area contributed by atoms with E-state index in [4.69, 9.17) is 5.26 Å². The van der Waals surface area contributed by atoms with Gasteiger partial charge in [0.2, 0.25) is 5.91 Å². The van der Waals surface area contributed by atoms with E-state index < -0.39 is 6.04 Å². The molecule has 0 aliphatic rings. The van der Waals surface area contributed by atoms with E-state index in [0.29, 0.717) is 11.3 Å². The van der Waals surface area contributed by atoms with E-state index in [1.165, 1.54) is 11.1 Å². The van der Waals surface area contributed by atoms with Crippen molar-refractivity contribution in [1.29, 1.82) is 5.26 Å². The van der Waals surface area contributed by atoms with Gasteiger partial charge in [-0.2, -0.15) is 17.0 Å². The Hall–Kier alpha value is -2.78. The number of carbonyl (C=O) groups is 2. The molecule has 2 aromatic rings. The number of hydrogen-bond acceptors (Lipinski definition) is 4. The summed E-state index contributed by atoms with van der Waals surface area (Å²) in [5, 5.41) is 13.9. The van der Waals surface area contributed by atoms with Crippen molar-refractivity contribution in [3.63, 3.8) is 0 Å². The number of hydrogen-bond donors (Lipinski definition) is 2. The van der Waals surface area contributed by atoms with Crippen LogP contribution in [-0.4, -0.2) is 30.2 Å². The summed E-state index contributed by atoms with van der Waals surface area (Å²) < 4.78 is 0. The standard InChI is InChI=1S/C20H21N3O2S/c1-15-7-5-6-10-17(15)13-26-14-18(20(25)22-12-11-21)23-19(24)16-8-3-2-4-9-16/h2-10,18H,12-14H2,1H3,(H,22,25)(H,23,24)/t18-/m0/s1. The van der Waals surface area contributed by atoms with E-state index in [2.05, 4.69) is 16.7 Å². The fraction of sp³-hybridized carbons (Fsp3) is 0.250. The third kappa shape index (κ3) is 5.94. The molecule has 0 bridgehead atoms. The number of benzene rings is 2. The molecule has 2 aromatic carbocycles. The van der Waals surface area contributed by atoms with Gasteiger partial charge in [-0.15, -0.1) is 0 Å². The largest absolute Gasteiger partial charge is 0.341 e. The van der Waals surface area contributed by atoms with E-state index in [1.54, 1.807) is 36.0 Å². The van der Waals surface area contributed by atoms with Gasteiger partial charge in [0.15, 0.2) is 0 Å². The molecular weight excluding hydrogens is 346 g/mol. The summed E-state index contributed by atoms with van der Waals surface area (Å²) >= 11 is 1.57. The van der Waals surface area contributed by atoms with Crippen LogP contribution in [0.5, 0.6) is 0 Å². The van der Waals surface area contributed by atoms with Crippen molar-refractivity contribution in [3.05, 3.63) is 71.3 Å². The lowest BCUT2D eigenvalue weighted by Crippen LogP contribution is -2.48. The molecule has 0 radical (unpaired) electrons. The first-order valence-electron chi connectivity index (χ1n) is 8.24. The molecule has 2 N–H and O–H groups in total. The van der Waals surface area contributed by atoms with E-state index in [-0.39, 0.29) is 18.4 Å². The fourth-order valence-corrected chi connectivity index (χ4v) is 3.45. The molecule has 26 heavy (non-hydrogen) atoms. The lowest BCUT2D eigenvalue weighted by atomic mass is 10.1. The Balaban J connectivity index is 1.99. The van der Waals surface area contributed by atoms with Crippen LogP contribution in [0.1, 0.15) is 21.5 Å². The molecule has 0 fully saturated rings. The molecule has 134 valence electrons. The summed E-state index contributed by atoms with van der Waals surface area (Å²) in [6, 6.07) is 18.0. The highest BCUT2D eigenvalue weighted by atomic mass is 32.2. The zero-order valence-corrected chi connectivity index (χ0v) is 15.4. The Morgan fingerprint density at radius 2 is 1.81 bits per heavy atom. The first kappa shape index (κ1) is 19.5. The minimum absolute atomic E-state index is 0.0843. The molecule has 6 heteroatoms. The molecular formula is C20H21N3O2S. The molecule has 2 rings (SSSR count). The highest BCUT2D eigenvalue weighted by molar-refractivity contribution is 7.98. The number of carbonyl (C=O) groups excluding carboxylic acids is 2. The summed E-state index contributed by atoms with van der Waals surface area (Å²) in [4.78, 5) is 24.6. The topological polar surface area (TPSA) is 82.0 Å². The van der Waals surface area contributed by atoms with Gasteiger partial charge in [-0.1, -0.05) is 42.5 Å². The van der Waals surface area contributed by atoms with Gasteiger partial charge in [-0.25, -0.2) is 0 Å². The third-order valence-corrected chi connectivity index (χ3v) is 4.89. The van der Waals surface area contributed by atoms with Crippen LogP contribution in [0.25, 0.3) is 0 Å². The number of rotatable bonds is 8. The van der Waals surface area contributed by atoms with Crippen molar-refractivity contribution >= 4 is 23.6 Å². The van der Waals surface area contributed by atoms with Gasteiger partial charge in [0.1, 0.15) is 12.6 Å². The molecule has 5 nitrogen and oxygen atoms in total. The average molecular weight is 367 g/mol. The second-order valence-electron chi connectivity index (χ2n) is 5.71. The molecule has 0 aliphatic heterocycles. The number of thioether (sulfide) groups is 1. The summed E-state index contributed by atoms with van der Waals surface area (Å²) in [5.41, 5.74) is 2.89. The van der Waals surface area contributed by atoms with Gasteiger partial charge in [-0.3, -0.25) is 9.59 Å². The van der Waals surface area contributed by atoms with E-state index in [9.17, 15) is 9.59 Å². The summed E-state index contributed by atoms with van der Waals surface area (Å²) in [6.45, 7) is 1.96. The van der Waals surface area contributed by atoms with E-state index in [1.807, 2.05) is 37.3 Å². The van der Waals surface area contributed by atoms with Crippen molar-refractivity contribution in [2.24, 2.45) is 0 Å². The third-order valence-electron chi connectivity index (χ3n) is 3.80. The maximum absolute atomic E-state index is 12.4. The normalized spacial score (nSPS) is 11.2. The van der Waals surface area contributed by atoms with Gasteiger partial charge >= 0.3 is 0 Å². The quantitative estimate of drug-likeness (QED) is 0.703. The molecule has 2 amide bonds. The maximum Gasteiger partial charge on any atom is 0.251 e. The lowest BCUT2D eigenvalue weighted by Gasteiger charge is -2.18. The highest BCUT2D eigenvalue weighted by Crippen LogP contribution is 2.17. The zero-order valence-electron chi connectivity index (χ0n) is 14.6. The number of nitrogens with one attached hydrogen (secondary N) is 2. The SMILES string of the molecule is Cc1ccccc1CSC[C@H](NC(=O)c1ccccc1)C(=O)NCC#N.